The predicted molar refractivity (Wildman–Crippen MR) is 110 cm³/mol. The van der Waals surface area contributed by atoms with E-state index >= 15 is 0 Å². The smallest absolute Gasteiger partial charge is 0.244 e. The molecule has 2 aromatic carbocycles. The third kappa shape index (κ3) is 4.25. The van der Waals surface area contributed by atoms with E-state index in [2.05, 4.69) is 5.32 Å². The fraction of sp³-hybridized carbons (Fsp3) is 0.261. The zero-order chi connectivity index (χ0) is 20.1. The molecule has 3 rings (SSSR count). The van der Waals surface area contributed by atoms with Crippen molar-refractivity contribution in [2.75, 3.05) is 13.2 Å². The van der Waals surface area contributed by atoms with Crippen LogP contribution in [-0.2, 0) is 4.79 Å². The number of hydrogen-bond donors (Lipinski definition) is 1. The highest BCUT2D eigenvalue weighted by Gasteiger charge is 2.15. The average Bonchev–Trinajstić information content (AvgIpc) is 3.09. The number of benzene rings is 2. The first kappa shape index (κ1) is 19.7. The molecule has 1 amide bonds. The number of allylic oxidation sites excluding steroid dienone is 1. The zero-order valence-corrected chi connectivity index (χ0v) is 16.3. The number of carbonyl (C=O) groups excluding carboxylic acids is 1. The van der Waals surface area contributed by atoms with Crippen LogP contribution < -0.4 is 10.1 Å². The van der Waals surface area contributed by atoms with Gasteiger partial charge in [0.15, 0.2) is 0 Å². The van der Waals surface area contributed by atoms with Gasteiger partial charge in [0.1, 0.15) is 17.1 Å². The van der Waals surface area contributed by atoms with Crippen molar-refractivity contribution in [3.05, 3.63) is 60.1 Å². The Bertz CT molecular complexity index is 1000. The molecular formula is C23H24FNO3. The molecule has 4 nitrogen and oxygen atoms in total. The van der Waals surface area contributed by atoms with E-state index in [1.54, 1.807) is 24.5 Å². The number of ether oxygens (including phenoxy) is 1. The van der Waals surface area contributed by atoms with Crippen LogP contribution in [-0.4, -0.2) is 19.1 Å². The maximum Gasteiger partial charge on any atom is 0.244 e. The van der Waals surface area contributed by atoms with Gasteiger partial charge >= 0.3 is 0 Å². The molecule has 0 aliphatic rings. The van der Waals surface area contributed by atoms with E-state index in [0.29, 0.717) is 24.5 Å². The van der Waals surface area contributed by atoms with Crippen molar-refractivity contribution in [3.8, 4) is 16.9 Å². The van der Waals surface area contributed by atoms with E-state index in [1.807, 2.05) is 32.9 Å². The number of nitrogens with one attached hydrogen (secondary N) is 1. The lowest BCUT2D eigenvalue weighted by atomic mass is 9.99. The van der Waals surface area contributed by atoms with Gasteiger partial charge in [0, 0.05) is 35.2 Å². The van der Waals surface area contributed by atoms with E-state index in [9.17, 15) is 9.18 Å². The van der Waals surface area contributed by atoms with Gasteiger partial charge in [-0.2, -0.15) is 0 Å². The summed E-state index contributed by atoms with van der Waals surface area (Å²) in [5.74, 6) is 0.243. The highest BCUT2D eigenvalue weighted by atomic mass is 19.1. The molecule has 0 aliphatic heterocycles. The molecule has 3 aromatic rings. The third-order valence-electron chi connectivity index (χ3n) is 4.45. The van der Waals surface area contributed by atoms with Crippen LogP contribution in [0.2, 0.25) is 0 Å². The topological polar surface area (TPSA) is 51.5 Å². The number of hydrogen-bond acceptors (Lipinski definition) is 3. The molecule has 0 aliphatic carbocycles. The van der Waals surface area contributed by atoms with Crippen LogP contribution in [0.3, 0.4) is 0 Å². The van der Waals surface area contributed by atoms with Crippen molar-refractivity contribution in [2.24, 2.45) is 0 Å². The maximum atomic E-state index is 13.3. The molecule has 0 saturated heterocycles. The lowest BCUT2D eigenvalue weighted by Crippen LogP contribution is -2.21. The van der Waals surface area contributed by atoms with Gasteiger partial charge in [-0.15, -0.1) is 0 Å². The highest BCUT2D eigenvalue weighted by molar-refractivity contribution is 6.00. The number of furan rings is 1. The van der Waals surface area contributed by atoms with Crippen LogP contribution in [0.25, 0.3) is 27.7 Å². The molecule has 28 heavy (non-hydrogen) atoms. The summed E-state index contributed by atoms with van der Waals surface area (Å²) >= 11 is 0. The van der Waals surface area contributed by atoms with Gasteiger partial charge in [0.05, 0.1) is 12.9 Å². The minimum Gasteiger partial charge on any atom is -0.493 e. The van der Waals surface area contributed by atoms with E-state index in [4.69, 9.17) is 9.15 Å². The van der Waals surface area contributed by atoms with Crippen LogP contribution in [0.1, 0.15) is 32.8 Å². The molecular weight excluding hydrogens is 357 g/mol. The Kier molecular flexibility index (Phi) is 6.14. The lowest BCUT2D eigenvalue weighted by Gasteiger charge is -2.12. The fourth-order valence-electron chi connectivity index (χ4n) is 3.06. The van der Waals surface area contributed by atoms with Crippen molar-refractivity contribution in [1.82, 2.24) is 5.32 Å². The Morgan fingerprint density at radius 2 is 1.96 bits per heavy atom. The molecule has 0 spiro atoms. The second-order valence-corrected chi connectivity index (χ2v) is 6.55. The van der Waals surface area contributed by atoms with Gasteiger partial charge in [-0.25, -0.2) is 4.39 Å². The van der Waals surface area contributed by atoms with Gasteiger partial charge in [-0.05, 0) is 49.6 Å². The predicted octanol–water partition coefficient (Wildman–Crippen LogP) is 5.57. The van der Waals surface area contributed by atoms with Gasteiger partial charge in [-0.3, -0.25) is 4.79 Å². The van der Waals surface area contributed by atoms with Crippen molar-refractivity contribution >= 4 is 22.4 Å². The van der Waals surface area contributed by atoms with Crippen molar-refractivity contribution in [2.45, 2.75) is 27.2 Å². The van der Waals surface area contributed by atoms with E-state index in [0.717, 1.165) is 34.1 Å². The molecule has 1 aromatic heterocycles. The average molecular weight is 381 g/mol. The Morgan fingerprint density at radius 3 is 2.64 bits per heavy atom. The summed E-state index contributed by atoms with van der Waals surface area (Å²) in [5.41, 5.74) is 4.02. The molecule has 0 fully saturated rings. The largest absolute Gasteiger partial charge is 0.493 e. The summed E-state index contributed by atoms with van der Waals surface area (Å²) in [5, 5.41) is 3.73. The minimum atomic E-state index is -0.284. The van der Waals surface area contributed by atoms with Gasteiger partial charge in [0.25, 0.3) is 0 Å². The van der Waals surface area contributed by atoms with Crippen LogP contribution in [0, 0.1) is 5.82 Å². The molecule has 0 unspecified atom stereocenters. The Balaban J connectivity index is 2.08. The van der Waals surface area contributed by atoms with Crippen molar-refractivity contribution in [3.63, 3.8) is 0 Å². The van der Waals surface area contributed by atoms with Crippen LogP contribution in [0.5, 0.6) is 5.75 Å². The quantitative estimate of drug-likeness (QED) is 0.545. The van der Waals surface area contributed by atoms with Crippen LogP contribution in [0.15, 0.2) is 53.2 Å². The minimum absolute atomic E-state index is 0.132. The van der Waals surface area contributed by atoms with Crippen LogP contribution >= 0.6 is 0 Å². The second kappa shape index (κ2) is 8.74. The summed E-state index contributed by atoms with van der Waals surface area (Å²) in [7, 11) is 0. The molecule has 1 heterocycles. The molecule has 1 N–H and O–H groups in total. The van der Waals surface area contributed by atoms with Gasteiger partial charge < -0.3 is 14.5 Å². The maximum absolute atomic E-state index is 13.3. The normalized spacial score (nSPS) is 11.6. The number of amides is 1. The molecule has 0 radical (unpaired) electrons. The van der Waals surface area contributed by atoms with Crippen LogP contribution in [0.4, 0.5) is 4.39 Å². The lowest BCUT2D eigenvalue weighted by molar-refractivity contribution is -0.116. The number of fused-ring (bicyclic) bond motifs is 1. The first-order valence-electron chi connectivity index (χ1n) is 9.44. The van der Waals surface area contributed by atoms with E-state index < -0.39 is 0 Å². The summed E-state index contributed by atoms with van der Waals surface area (Å²) < 4.78 is 24.8. The van der Waals surface area contributed by atoms with Crippen molar-refractivity contribution < 1.29 is 18.3 Å². The molecule has 5 heteroatoms. The summed E-state index contributed by atoms with van der Waals surface area (Å²) in [4.78, 5) is 12.1. The first-order valence-corrected chi connectivity index (χ1v) is 9.44. The summed E-state index contributed by atoms with van der Waals surface area (Å²) in [6.07, 6.45) is 4.12. The van der Waals surface area contributed by atoms with E-state index in [-0.39, 0.29) is 11.7 Å². The number of carbonyl (C=O) groups is 1. The zero-order valence-electron chi connectivity index (χ0n) is 16.3. The molecule has 0 saturated carbocycles. The molecule has 0 bridgehead atoms. The monoisotopic (exact) mass is 381 g/mol. The standard InChI is InChI=1S/C23H24FNO3/c1-4-10-25-23(26)11-15(3)18-12-19-20(16-6-8-17(24)9-7-16)14-28-22(19)13-21(18)27-5-2/h6-9,11-14H,4-5,10H2,1-3H3,(H,25,26)/b15-11+. The highest BCUT2D eigenvalue weighted by Crippen LogP contribution is 2.37. The van der Waals surface area contributed by atoms with Crippen molar-refractivity contribution in [1.29, 1.82) is 0 Å². The fourth-order valence-corrected chi connectivity index (χ4v) is 3.06. The first-order chi connectivity index (χ1) is 13.5. The Morgan fingerprint density at radius 1 is 1.21 bits per heavy atom. The Hall–Kier alpha value is -3.08. The third-order valence-corrected chi connectivity index (χ3v) is 4.45. The van der Waals surface area contributed by atoms with E-state index in [1.165, 1.54) is 12.1 Å². The molecule has 146 valence electrons. The molecule has 0 atom stereocenters. The van der Waals surface area contributed by atoms with Gasteiger partial charge in [0.2, 0.25) is 5.91 Å². The summed E-state index contributed by atoms with van der Waals surface area (Å²) in [6, 6.07) is 10.1. The Labute approximate surface area is 164 Å². The second-order valence-electron chi connectivity index (χ2n) is 6.55. The number of halogens is 1. The van der Waals surface area contributed by atoms with Gasteiger partial charge in [-0.1, -0.05) is 19.1 Å². The summed E-state index contributed by atoms with van der Waals surface area (Å²) in [6.45, 7) is 6.93. The number of rotatable bonds is 7. The SMILES string of the molecule is CCCNC(=O)/C=C(\C)c1cc2c(-c3ccc(F)cc3)coc2cc1OCC.